The van der Waals surface area contributed by atoms with Crippen LogP contribution in [0, 0.1) is 0 Å². The van der Waals surface area contributed by atoms with Gasteiger partial charge in [-0.1, -0.05) is 11.6 Å². The van der Waals surface area contributed by atoms with Crippen molar-refractivity contribution in [3.63, 3.8) is 0 Å². The van der Waals surface area contributed by atoms with Gasteiger partial charge in [-0.15, -0.1) is 11.3 Å². The van der Waals surface area contributed by atoms with Crippen LogP contribution in [0.2, 0.25) is 5.02 Å². The van der Waals surface area contributed by atoms with Gasteiger partial charge in [-0.2, -0.15) is 13.2 Å². The molecule has 172 valence electrons. The SMILES string of the molecule is O=C(N[C@@H]1CCCNC1)c1sc2nccc3c2c1NC(=O)N3c1ccc(Cl)c(C(F)(F)F)c1. The van der Waals surface area contributed by atoms with Gasteiger partial charge >= 0.3 is 12.2 Å². The number of carbonyl (C=O) groups is 2. The number of pyridine rings is 1. The van der Waals surface area contributed by atoms with Crippen LogP contribution in [0.4, 0.5) is 35.0 Å². The van der Waals surface area contributed by atoms with Gasteiger partial charge in [0.05, 0.1) is 33.0 Å². The van der Waals surface area contributed by atoms with E-state index in [2.05, 4.69) is 20.9 Å². The van der Waals surface area contributed by atoms with Crippen molar-refractivity contribution in [2.45, 2.75) is 25.1 Å². The fourth-order valence-electron chi connectivity index (χ4n) is 4.10. The summed E-state index contributed by atoms with van der Waals surface area (Å²) in [6.45, 7) is 1.56. The summed E-state index contributed by atoms with van der Waals surface area (Å²) >= 11 is 6.86. The molecule has 12 heteroatoms. The Morgan fingerprint density at radius 3 is 2.85 bits per heavy atom. The molecule has 1 fully saturated rings. The zero-order chi connectivity index (χ0) is 23.3. The number of alkyl halides is 3. The van der Waals surface area contributed by atoms with Gasteiger partial charge in [-0.3, -0.25) is 9.69 Å². The number of hydrogen-bond donors (Lipinski definition) is 3. The van der Waals surface area contributed by atoms with Crippen molar-refractivity contribution in [2.24, 2.45) is 0 Å². The highest BCUT2D eigenvalue weighted by Crippen LogP contribution is 2.46. The first kappa shape index (κ1) is 21.9. The van der Waals surface area contributed by atoms with Crippen LogP contribution in [0.5, 0.6) is 0 Å². The third-order valence-electron chi connectivity index (χ3n) is 5.60. The summed E-state index contributed by atoms with van der Waals surface area (Å²) < 4.78 is 40.2. The molecule has 4 heterocycles. The summed E-state index contributed by atoms with van der Waals surface area (Å²) in [7, 11) is 0. The average molecular weight is 496 g/mol. The Kier molecular flexibility index (Phi) is 5.42. The number of aromatic nitrogens is 1. The number of urea groups is 1. The van der Waals surface area contributed by atoms with E-state index in [1.165, 1.54) is 18.3 Å². The Balaban J connectivity index is 1.57. The molecule has 2 aromatic heterocycles. The molecular weight excluding hydrogens is 479 g/mol. The first-order valence-electron chi connectivity index (χ1n) is 10.1. The van der Waals surface area contributed by atoms with Crippen molar-refractivity contribution in [2.75, 3.05) is 23.3 Å². The standard InChI is InChI=1S/C21H17ClF3N5O2S/c22-13-4-3-11(8-12(13)21(23,24)25)30-14-5-7-27-19-15(14)16(29-20(30)32)17(33-19)18(31)28-10-2-1-6-26-9-10/h3-5,7-8,10,26H,1-2,6,9H2,(H,28,31)(H,29,32)/t10-/m1/s1. The van der Waals surface area contributed by atoms with Crippen LogP contribution in [0.25, 0.3) is 10.2 Å². The number of hydrogen-bond acceptors (Lipinski definition) is 5. The van der Waals surface area contributed by atoms with Crippen LogP contribution >= 0.6 is 22.9 Å². The van der Waals surface area contributed by atoms with E-state index in [0.717, 1.165) is 47.8 Å². The zero-order valence-corrected chi connectivity index (χ0v) is 18.5. The highest BCUT2D eigenvalue weighted by molar-refractivity contribution is 7.21. The van der Waals surface area contributed by atoms with Crippen LogP contribution in [0.1, 0.15) is 28.1 Å². The second-order valence-corrected chi connectivity index (χ2v) is 9.17. The molecule has 3 N–H and O–H groups in total. The van der Waals surface area contributed by atoms with E-state index < -0.39 is 22.8 Å². The summed E-state index contributed by atoms with van der Waals surface area (Å²) in [4.78, 5) is 32.3. The van der Waals surface area contributed by atoms with Crippen LogP contribution in [-0.4, -0.2) is 36.1 Å². The number of carbonyl (C=O) groups excluding carboxylic acids is 2. The fourth-order valence-corrected chi connectivity index (χ4v) is 5.34. The van der Waals surface area contributed by atoms with E-state index in [4.69, 9.17) is 11.6 Å². The van der Waals surface area contributed by atoms with E-state index in [0.29, 0.717) is 33.0 Å². The molecule has 0 spiro atoms. The number of nitrogens with one attached hydrogen (secondary N) is 3. The number of amides is 3. The molecule has 0 unspecified atom stereocenters. The Bertz CT molecular complexity index is 1270. The van der Waals surface area contributed by atoms with Gasteiger partial charge in [-0.05, 0) is 43.7 Å². The predicted octanol–water partition coefficient (Wildman–Crippen LogP) is 5.13. The molecule has 3 amide bonds. The first-order chi connectivity index (χ1) is 15.7. The molecule has 2 aliphatic rings. The monoisotopic (exact) mass is 495 g/mol. The maximum absolute atomic E-state index is 13.4. The topological polar surface area (TPSA) is 86.4 Å². The van der Waals surface area contributed by atoms with Crippen molar-refractivity contribution in [1.29, 1.82) is 0 Å². The van der Waals surface area contributed by atoms with Gasteiger partial charge in [0, 0.05) is 18.8 Å². The molecule has 2 aliphatic heterocycles. The van der Waals surface area contributed by atoms with Crippen molar-refractivity contribution < 1.29 is 22.8 Å². The third kappa shape index (κ3) is 3.90. The van der Waals surface area contributed by atoms with Crippen LogP contribution in [-0.2, 0) is 6.18 Å². The molecule has 0 radical (unpaired) electrons. The van der Waals surface area contributed by atoms with Crippen molar-refractivity contribution in [3.05, 3.63) is 45.9 Å². The Hall–Kier alpha value is -2.89. The molecule has 0 aliphatic carbocycles. The van der Waals surface area contributed by atoms with Crippen LogP contribution in [0.15, 0.2) is 30.5 Å². The summed E-state index contributed by atoms with van der Waals surface area (Å²) in [5.41, 5.74) is -0.403. The summed E-state index contributed by atoms with van der Waals surface area (Å²) in [6, 6.07) is 4.09. The van der Waals surface area contributed by atoms with E-state index in [-0.39, 0.29) is 17.6 Å². The first-order valence-corrected chi connectivity index (χ1v) is 11.3. The normalized spacial score (nSPS) is 18.4. The molecular formula is C21H17ClF3N5O2S. The maximum atomic E-state index is 13.4. The molecule has 3 aromatic rings. The fraction of sp³-hybridized carbons (Fsp3) is 0.286. The molecule has 7 nitrogen and oxygen atoms in total. The Morgan fingerprint density at radius 2 is 2.12 bits per heavy atom. The smallest absolute Gasteiger partial charge is 0.347 e. The lowest BCUT2D eigenvalue weighted by molar-refractivity contribution is -0.137. The Morgan fingerprint density at radius 1 is 1.30 bits per heavy atom. The van der Waals surface area contributed by atoms with Crippen molar-refractivity contribution in [1.82, 2.24) is 15.6 Å². The molecule has 1 atom stereocenters. The van der Waals surface area contributed by atoms with Gasteiger partial charge in [-0.25, -0.2) is 9.78 Å². The number of piperidine rings is 1. The quantitative estimate of drug-likeness (QED) is 0.470. The van der Waals surface area contributed by atoms with E-state index in [9.17, 15) is 22.8 Å². The minimum Gasteiger partial charge on any atom is -0.347 e. The number of rotatable bonds is 3. The lowest BCUT2D eigenvalue weighted by Gasteiger charge is -2.29. The van der Waals surface area contributed by atoms with Crippen LogP contribution in [0.3, 0.4) is 0 Å². The minimum atomic E-state index is -4.68. The van der Waals surface area contributed by atoms with E-state index in [1.807, 2.05) is 0 Å². The maximum Gasteiger partial charge on any atom is 0.417 e. The molecule has 0 saturated carbocycles. The Labute approximate surface area is 194 Å². The lowest BCUT2D eigenvalue weighted by Crippen LogP contribution is -2.45. The molecule has 33 heavy (non-hydrogen) atoms. The largest absolute Gasteiger partial charge is 0.417 e. The van der Waals surface area contributed by atoms with Crippen molar-refractivity contribution >= 4 is 62.2 Å². The van der Waals surface area contributed by atoms with Crippen LogP contribution < -0.4 is 20.9 Å². The zero-order valence-electron chi connectivity index (χ0n) is 16.9. The van der Waals surface area contributed by atoms with Crippen molar-refractivity contribution in [3.8, 4) is 0 Å². The van der Waals surface area contributed by atoms with Gasteiger partial charge in [0.15, 0.2) is 0 Å². The highest BCUT2D eigenvalue weighted by Gasteiger charge is 2.37. The molecule has 1 saturated heterocycles. The van der Waals surface area contributed by atoms with Gasteiger partial charge in [0.25, 0.3) is 5.91 Å². The lowest BCUT2D eigenvalue weighted by atomic mass is 10.1. The van der Waals surface area contributed by atoms with E-state index >= 15 is 0 Å². The summed E-state index contributed by atoms with van der Waals surface area (Å²) in [5.74, 6) is -0.327. The van der Waals surface area contributed by atoms with E-state index in [1.54, 1.807) is 0 Å². The number of benzene rings is 1. The third-order valence-corrected chi connectivity index (χ3v) is 7.02. The number of thiophene rings is 1. The van der Waals surface area contributed by atoms with Gasteiger partial charge < -0.3 is 16.0 Å². The second kappa shape index (κ2) is 8.15. The summed E-state index contributed by atoms with van der Waals surface area (Å²) in [6.07, 6.45) is -1.43. The molecule has 0 bridgehead atoms. The number of nitrogens with zero attached hydrogens (tertiary/aromatic N) is 2. The van der Waals surface area contributed by atoms with Gasteiger partial charge in [0.2, 0.25) is 0 Å². The molecule has 1 aromatic carbocycles. The predicted molar refractivity (Wildman–Crippen MR) is 121 cm³/mol. The highest BCUT2D eigenvalue weighted by atomic mass is 35.5. The average Bonchev–Trinajstić information content (AvgIpc) is 3.14. The number of anilines is 3. The molecule has 5 rings (SSSR count). The number of halogens is 4. The summed E-state index contributed by atoms with van der Waals surface area (Å²) in [5, 5.41) is 8.92. The second-order valence-electron chi connectivity index (χ2n) is 7.76. The van der Waals surface area contributed by atoms with Gasteiger partial charge in [0.1, 0.15) is 9.71 Å². The minimum absolute atomic E-state index is 0.00661.